The van der Waals surface area contributed by atoms with E-state index >= 15 is 0 Å². The van der Waals surface area contributed by atoms with Crippen molar-refractivity contribution < 1.29 is 9.53 Å². The molecule has 1 aliphatic heterocycles. The molecular formula is C19H19N3O2. The minimum atomic E-state index is -0.447. The zero-order chi connectivity index (χ0) is 16.9. The highest BCUT2D eigenvalue weighted by Crippen LogP contribution is 2.27. The van der Waals surface area contributed by atoms with Gasteiger partial charge in [-0.3, -0.25) is 0 Å². The Labute approximate surface area is 141 Å². The third-order valence-corrected chi connectivity index (χ3v) is 4.15. The van der Waals surface area contributed by atoms with Crippen molar-refractivity contribution in [3.63, 3.8) is 0 Å². The zero-order valence-electron chi connectivity index (χ0n) is 13.7. The monoisotopic (exact) mass is 321 g/mol. The second-order valence-corrected chi connectivity index (χ2v) is 5.89. The molecule has 3 rings (SSSR count). The Kier molecular flexibility index (Phi) is 4.76. The average Bonchev–Trinajstić information content (AvgIpc) is 2.62. The fourth-order valence-electron chi connectivity index (χ4n) is 2.88. The number of hydrogen-bond acceptors (Lipinski definition) is 5. The van der Waals surface area contributed by atoms with Gasteiger partial charge in [0.1, 0.15) is 6.07 Å². The predicted molar refractivity (Wildman–Crippen MR) is 91.2 cm³/mol. The summed E-state index contributed by atoms with van der Waals surface area (Å²) in [7, 11) is 0. The minimum Gasteiger partial charge on any atom is -0.404 e. The Balaban J connectivity index is 1.90. The first-order valence-corrected chi connectivity index (χ1v) is 8.13. The van der Waals surface area contributed by atoms with E-state index in [9.17, 15) is 10.1 Å². The second kappa shape index (κ2) is 7.14. The maximum absolute atomic E-state index is 12.2. The molecule has 0 amide bonds. The lowest BCUT2D eigenvalue weighted by atomic mass is 10.1. The molecule has 0 radical (unpaired) electrons. The molecule has 0 bridgehead atoms. The molecule has 0 spiro atoms. The van der Waals surface area contributed by atoms with Gasteiger partial charge < -0.3 is 9.64 Å². The highest BCUT2D eigenvalue weighted by Gasteiger charge is 2.20. The van der Waals surface area contributed by atoms with E-state index < -0.39 is 5.97 Å². The van der Waals surface area contributed by atoms with Gasteiger partial charge in [-0.2, -0.15) is 10.2 Å². The van der Waals surface area contributed by atoms with Gasteiger partial charge in [-0.25, -0.2) is 4.79 Å². The number of rotatable bonds is 3. The molecule has 0 aliphatic carbocycles. The number of aromatic nitrogens is 1. The van der Waals surface area contributed by atoms with Crippen LogP contribution in [-0.4, -0.2) is 24.0 Å². The van der Waals surface area contributed by atoms with Crippen LogP contribution in [0.5, 0.6) is 5.88 Å². The number of aryl methyl sites for hydroxylation is 1. The number of esters is 1. The number of ether oxygens (including phenoxy) is 1. The SMILES string of the molecule is Cc1cc(OC(=O)c2ccccc2)nc(N2CCCCC2)c1C#N. The van der Waals surface area contributed by atoms with Crippen LogP contribution in [0.2, 0.25) is 0 Å². The molecule has 5 nitrogen and oxygen atoms in total. The van der Waals surface area contributed by atoms with Crippen molar-refractivity contribution in [2.75, 3.05) is 18.0 Å². The summed E-state index contributed by atoms with van der Waals surface area (Å²) in [6.45, 7) is 3.59. The normalized spacial score (nSPS) is 14.1. The molecule has 1 aromatic carbocycles. The molecule has 2 heterocycles. The van der Waals surface area contributed by atoms with Crippen LogP contribution in [0.25, 0.3) is 0 Å². The maximum atomic E-state index is 12.2. The largest absolute Gasteiger partial charge is 0.404 e. The number of hydrogen-bond donors (Lipinski definition) is 0. The summed E-state index contributed by atoms with van der Waals surface area (Å²) in [6, 6.07) is 12.7. The average molecular weight is 321 g/mol. The lowest BCUT2D eigenvalue weighted by molar-refractivity contribution is 0.0727. The quantitative estimate of drug-likeness (QED) is 0.810. The van der Waals surface area contributed by atoms with Crippen LogP contribution in [0.3, 0.4) is 0 Å². The van der Waals surface area contributed by atoms with Crippen LogP contribution in [0, 0.1) is 18.3 Å². The van der Waals surface area contributed by atoms with Crippen molar-refractivity contribution in [1.29, 1.82) is 5.26 Å². The van der Waals surface area contributed by atoms with Crippen LogP contribution in [0.15, 0.2) is 36.4 Å². The van der Waals surface area contributed by atoms with Gasteiger partial charge in [-0.1, -0.05) is 18.2 Å². The lowest BCUT2D eigenvalue weighted by Gasteiger charge is -2.29. The molecule has 24 heavy (non-hydrogen) atoms. The van der Waals surface area contributed by atoms with Gasteiger partial charge in [-0.05, 0) is 43.9 Å². The molecule has 1 aromatic heterocycles. The van der Waals surface area contributed by atoms with E-state index in [1.165, 1.54) is 6.42 Å². The van der Waals surface area contributed by atoms with E-state index in [0.717, 1.165) is 31.5 Å². The summed E-state index contributed by atoms with van der Waals surface area (Å²) >= 11 is 0. The number of nitrogens with zero attached hydrogens (tertiary/aromatic N) is 3. The van der Waals surface area contributed by atoms with Gasteiger partial charge in [0.2, 0.25) is 5.88 Å². The van der Waals surface area contributed by atoms with E-state index in [-0.39, 0.29) is 5.88 Å². The van der Waals surface area contributed by atoms with Crippen molar-refractivity contribution in [1.82, 2.24) is 4.98 Å². The van der Waals surface area contributed by atoms with E-state index in [1.807, 2.05) is 13.0 Å². The van der Waals surface area contributed by atoms with E-state index in [4.69, 9.17) is 4.74 Å². The molecule has 0 N–H and O–H groups in total. The zero-order valence-corrected chi connectivity index (χ0v) is 13.7. The number of benzene rings is 1. The first-order valence-electron chi connectivity index (χ1n) is 8.13. The maximum Gasteiger partial charge on any atom is 0.344 e. The number of nitriles is 1. The van der Waals surface area contributed by atoms with Gasteiger partial charge in [0.15, 0.2) is 5.82 Å². The van der Waals surface area contributed by atoms with Gasteiger partial charge in [0.05, 0.1) is 11.1 Å². The molecule has 1 fully saturated rings. The Morgan fingerprint density at radius 3 is 2.58 bits per heavy atom. The van der Waals surface area contributed by atoms with Crippen molar-refractivity contribution in [3.8, 4) is 11.9 Å². The number of anilines is 1. The minimum absolute atomic E-state index is 0.237. The highest BCUT2D eigenvalue weighted by molar-refractivity contribution is 5.90. The molecular weight excluding hydrogens is 302 g/mol. The lowest BCUT2D eigenvalue weighted by Crippen LogP contribution is -2.31. The topological polar surface area (TPSA) is 66.2 Å². The first kappa shape index (κ1) is 16.0. The van der Waals surface area contributed by atoms with Crippen molar-refractivity contribution in [2.24, 2.45) is 0 Å². The van der Waals surface area contributed by atoms with E-state index in [0.29, 0.717) is 16.9 Å². The number of carbonyl (C=O) groups excluding carboxylic acids is 1. The third-order valence-electron chi connectivity index (χ3n) is 4.15. The Hall–Kier alpha value is -2.87. The van der Waals surface area contributed by atoms with Crippen LogP contribution in [0.4, 0.5) is 5.82 Å². The molecule has 0 unspecified atom stereocenters. The summed E-state index contributed by atoms with van der Waals surface area (Å²) in [5.74, 6) is 0.408. The second-order valence-electron chi connectivity index (χ2n) is 5.89. The summed E-state index contributed by atoms with van der Waals surface area (Å²) in [5, 5.41) is 9.46. The number of carbonyl (C=O) groups is 1. The standard InChI is InChI=1S/C19H19N3O2/c1-14-12-17(24-19(23)15-8-4-2-5-9-15)21-18(16(14)13-20)22-10-6-3-7-11-22/h2,4-5,8-9,12H,3,6-7,10-11H2,1H3. The van der Waals surface area contributed by atoms with Gasteiger partial charge >= 0.3 is 5.97 Å². The van der Waals surface area contributed by atoms with Crippen LogP contribution in [-0.2, 0) is 0 Å². The summed E-state index contributed by atoms with van der Waals surface area (Å²) in [4.78, 5) is 18.8. The van der Waals surface area contributed by atoms with Crippen molar-refractivity contribution in [3.05, 3.63) is 53.1 Å². The summed E-state index contributed by atoms with van der Waals surface area (Å²) in [6.07, 6.45) is 3.36. The van der Waals surface area contributed by atoms with E-state index in [2.05, 4.69) is 16.0 Å². The first-order chi connectivity index (χ1) is 11.7. The molecule has 1 saturated heterocycles. The number of pyridine rings is 1. The van der Waals surface area contributed by atoms with Crippen molar-refractivity contribution >= 4 is 11.8 Å². The molecule has 5 heteroatoms. The molecule has 0 atom stereocenters. The number of piperidine rings is 1. The molecule has 2 aromatic rings. The van der Waals surface area contributed by atoms with Crippen molar-refractivity contribution in [2.45, 2.75) is 26.2 Å². The van der Waals surface area contributed by atoms with Gasteiger partial charge in [0, 0.05) is 19.2 Å². The Morgan fingerprint density at radius 2 is 1.92 bits per heavy atom. The fraction of sp³-hybridized carbons (Fsp3) is 0.316. The highest BCUT2D eigenvalue weighted by atomic mass is 16.5. The molecule has 0 saturated carbocycles. The predicted octanol–water partition coefficient (Wildman–Crippen LogP) is 3.47. The molecule has 122 valence electrons. The van der Waals surface area contributed by atoms with Crippen LogP contribution in [0.1, 0.15) is 40.7 Å². The Morgan fingerprint density at radius 1 is 1.21 bits per heavy atom. The Bertz CT molecular complexity index is 775. The van der Waals surface area contributed by atoms with Crippen LogP contribution < -0.4 is 9.64 Å². The third kappa shape index (κ3) is 3.38. The fourth-order valence-corrected chi connectivity index (χ4v) is 2.88. The molecule has 1 aliphatic rings. The van der Waals surface area contributed by atoms with E-state index in [1.54, 1.807) is 30.3 Å². The summed E-state index contributed by atoms with van der Waals surface area (Å²) in [5.41, 5.74) is 1.79. The summed E-state index contributed by atoms with van der Waals surface area (Å²) < 4.78 is 5.43. The van der Waals surface area contributed by atoms with Gasteiger partial charge in [-0.15, -0.1) is 0 Å². The van der Waals surface area contributed by atoms with Gasteiger partial charge in [0.25, 0.3) is 0 Å². The van der Waals surface area contributed by atoms with Crippen LogP contribution >= 0.6 is 0 Å². The smallest absolute Gasteiger partial charge is 0.344 e.